The minimum absolute atomic E-state index is 0.0655. The minimum atomic E-state index is -0.228. The summed E-state index contributed by atoms with van der Waals surface area (Å²) in [4.78, 5) is 11.9. The third kappa shape index (κ3) is 4.11. The van der Waals surface area contributed by atoms with Gasteiger partial charge in [-0.1, -0.05) is 23.7 Å². The van der Waals surface area contributed by atoms with Crippen molar-refractivity contribution in [3.63, 3.8) is 0 Å². The summed E-state index contributed by atoms with van der Waals surface area (Å²) < 4.78 is 5.39. The second-order valence-electron chi connectivity index (χ2n) is 4.84. The lowest BCUT2D eigenvalue weighted by molar-refractivity contribution is -0.118. The summed E-state index contributed by atoms with van der Waals surface area (Å²) in [5.74, 6) is 0.369. The molecule has 0 aliphatic carbocycles. The van der Waals surface area contributed by atoms with E-state index in [1.807, 2.05) is 30.3 Å². The van der Waals surface area contributed by atoms with Crippen molar-refractivity contribution >= 4 is 23.2 Å². The van der Waals surface area contributed by atoms with Gasteiger partial charge < -0.3 is 10.1 Å². The van der Waals surface area contributed by atoms with Gasteiger partial charge in [0.2, 0.25) is 0 Å². The monoisotopic (exact) mass is 327 g/mol. The van der Waals surface area contributed by atoms with Gasteiger partial charge in [-0.15, -0.1) is 0 Å². The van der Waals surface area contributed by atoms with Crippen LogP contribution in [0.3, 0.4) is 0 Å². The summed E-state index contributed by atoms with van der Waals surface area (Å²) in [6.45, 7) is -0.0655. The van der Waals surface area contributed by atoms with Crippen molar-refractivity contribution in [1.29, 1.82) is 0 Å². The molecule has 3 rings (SSSR count). The van der Waals surface area contributed by atoms with Gasteiger partial charge in [0.15, 0.2) is 6.61 Å². The summed E-state index contributed by atoms with van der Waals surface area (Å²) in [6, 6.07) is 16.2. The molecule has 0 saturated heterocycles. The minimum Gasteiger partial charge on any atom is -0.484 e. The molecule has 0 saturated carbocycles. The van der Waals surface area contributed by atoms with Crippen molar-refractivity contribution in [2.24, 2.45) is 0 Å². The van der Waals surface area contributed by atoms with Crippen LogP contribution in [0.1, 0.15) is 0 Å². The maximum absolute atomic E-state index is 11.9. The van der Waals surface area contributed by atoms with Crippen LogP contribution in [0.2, 0.25) is 5.02 Å². The average Bonchev–Trinajstić information content (AvgIpc) is 3.09. The van der Waals surface area contributed by atoms with E-state index in [0.717, 1.165) is 11.3 Å². The Balaban J connectivity index is 1.54. The summed E-state index contributed by atoms with van der Waals surface area (Å²) in [6.07, 6.45) is 1.69. The zero-order valence-electron chi connectivity index (χ0n) is 12.1. The molecular formula is C17H14ClN3O2. The van der Waals surface area contributed by atoms with Crippen LogP contribution in [0.25, 0.3) is 11.3 Å². The van der Waals surface area contributed by atoms with Gasteiger partial charge in [0.25, 0.3) is 5.91 Å². The van der Waals surface area contributed by atoms with Gasteiger partial charge in [0.05, 0.1) is 5.69 Å². The second-order valence-corrected chi connectivity index (χ2v) is 5.27. The highest BCUT2D eigenvalue weighted by Crippen LogP contribution is 2.19. The smallest absolute Gasteiger partial charge is 0.262 e. The van der Waals surface area contributed by atoms with Crippen LogP contribution < -0.4 is 10.1 Å². The van der Waals surface area contributed by atoms with E-state index in [1.54, 1.807) is 30.5 Å². The third-order valence-corrected chi connectivity index (χ3v) is 3.42. The number of carbonyl (C=O) groups excluding carboxylic acids is 1. The lowest BCUT2D eigenvalue weighted by Crippen LogP contribution is -2.20. The predicted molar refractivity (Wildman–Crippen MR) is 89.6 cm³/mol. The summed E-state index contributed by atoms with van der Waals surface area (Å²) >= 11 is 5.79. The molecule has 23 heavy (non-hydrogen) atoms. The van der Waals surface area contributed by atoms with E-state index >= 15 is 0 Å². The quantitative estimate of drug-likeness (QED) is 0.750. The summed E-state index contributed by atoms with van der Waals surface area (Å²) in [5.41, 5.74) is 2.63. The van der Waals surface area contributed by atoms with Crippen molar-refractivity contribution in [1.82, 2.24) is 10.2 Å². The topological polar surface area (TPSA) is 67.0 Å². The largest absolute Gasteiger partial charge is 0.484 e. The molecule has 0 bridgehead atoms. The number of rotatable bonds is 5. The molecule has 0 aliphatic rings. The van der Waals surface area contributed by atoms with Crippen LogP contribution in [0, 0.1) is 0 Å². The number of nitrogens with zero attached hydrogens (tertiary/aromatic N) is 1. The molecule has 2 aromatic carbocycles. The van der Waals surface area contributed by atoms with Gasteiger partial charge in [0, 0.05) is 16.9 Å². The molecule has 1 aromatic heterocycles. The molecule has 0 aliphatic heterocycles. The molecule has 0 spiro atoms. The molecule has 116 valence electrons. The standard InChI is InChI=1S/C17H14ClN3O2/c18-13-3-7-15(8-4-13)23-11-17(22)20-14-5-1-12(2-6-14)16-9-10-19-21-16/h1-10H,11H2,(H,19,21)(H,20,22). The number of nitrogens with one attached hydrogen (secondary N) is 2. The van der Waals surface area contributed by atoms with Crippen LogP contribution in [-0.4, -0.2) is 22.7 Å². The van der Waals surface area contributed by atoms with Gasteiger partial charge in [0.1, 0.15) is 5.75 Å². The van der Waals surface area contributed by atoms with Crippen LogP contribution >= 0.6 is 11.6 Å². The number of amides is 1. The van der Waals surface area contributed by atoms with E-state index in [-0.39, 0.29) is 12.5 Å². The van der Waals surface area contributed by atoms with Crippen LogP contribution in [0.15, 0.2) is 60.8 Å². The Hall–Kier alpha value is -2.79. The van der Waals surface area contributed by atoms with Gasteiger partial charge in [-0.25, -0.2) is 0 Å². The number of anilines is 1. The Morgan fingerprint density at radius 1 is 1.09 bits per heavy atom. The van der Waals surface area contributed by atoms with Crippen molar-refractivity contribution in [2.45, 2.75) is 0 Å². The van der Waals surface area contributed by atoms with E-state index < -0.39 is 0 Å². The maximum Gasteiger partial charge on any atom is 0.262 e. The molecule has 2 N–H and O–H groups in total. The van der Waals surface area contributed by atoms with Crippen molar-refractivity contribution < 1.29 is 9.53 Å². The Morgan fingerprint density at radius 2 is 1.83 bits per heavy atom. The SMILES string of the molecule is O=C(COc1ccc(Cl)cc1)Nc1ccc(-c2ccn[nH]2)cc1. The van der Waals surface area contributed by atoms with E-state index in [4.69, 9.17) is 16.3 Å². The zero-order chi connectivity index (χ0) is 16.1. The first kappa shape index (κ1) is 15.1. The Kier molecular flexibility index (Phi) is 4.59. The van der Waals surface area contributed by atoms with Gasteiger partial charge in [-0.05, 0) is 48.0 Å². The van der Waals surface area contributed by atoms with Gasteiger partial charge in [-0.2, -0.15) is 5.10 Å². The first-order chi connectivity index (χ1) is 11.2. The number of H-pyrrole nitrogens is 1. The highest BCUT2D eigenvalue weighted by Gasteiger charge is 2.05. The fourth-order valence-corrected chi connectivity index (χ4v) is 2.15. The number of benzene rings is 2. The third-order valence-electron chi connectivity index (χ3n) is 3.16. The predicted octanol–water partition coefficient (Wildman–Crippen LogP) is 3.75. The molecule has 1 heterocycles. The summed E-state index contributed by atoms with van der Waals surface area (Å²) in [5, 5.41) is 10.2. The highest BCUT2D eigenvalue weighted by atomic mass is 35.5. The van der Waals surface area contributed by atoms with Crippen molar-refractivity contribution in [3.8, 4) is 17.0 Å². The maximum atomic E-state index is 11.9. The van der Waals surface area contributed by atoms with Crippen LogP contribution in [-0.2, 0) is 4.79 Å². The number of carbonyl (C=O) groups is 1. The van der Waals surface area contributed by atoms with Crippen LogP contribution in [0.4, 0.5) is 5.69 Å². The number of hydrogen-bond donors (Lipinski definition) is 2. The molecule has 6 heteroatoms. The normalized spacial score (nSPS) is 10.3. The van der Waals surface area contributed by atoms with E-state index in [1.165, 1.54) is 0 Å². The zero-order valence-corrected chi connectivity index (χ0v) is 12.9. The Morgan fingerprint density at radius 3 is 2.48 bits per heavy atom. The number of aromatic amines is 1. The number of aromatic nitrogens is 2. The first-order valence-corrected chi connectivity index (χ1v) is 7.36. The molecule has 3 aromatic rings. The Bertz CT molecular complexity index is 769. The second kappa shape index (κ2) is 6.98. The average molecular weight is 328 g/mol. The van der Waals surface area contributed by atoms with E-state index in [9.17, 15) is 4.79 Å². The van der Waals surface area contributed by atoms with Gasteiger partial charge >= 0.3 is 0 Å². The Labute approximate surface area is 138 Å². The number of halogens is 1. The van der Waals surface area contributed by atoms with E-state index in [0.29, 0.717) is 16.5 Å². The molecular weight excluding hydrogens is 314 g/mol. The lowest BCUT2D eigenvalue weighted by Gasteiger charge is -2.08. The fraction of sp³-hybridized carbons (Fsp3) is 0.0588. The molecule has 1 amide bonds. The number of hydrogen-bond acceptors (Lipinski definition) is 3. The summed E-state index contributed by atoms with van der Waals surface area (Å²) in [7, 11) is 0. The molecule has 5 nitrogen and oxygen atoms in total. The highest BCUT2D eigenvalue weighted by molar-refractivity contribution is 6.30. The molecule has 0 radical (unpaired) electrons. The van der Waals surface area contributed by atoms with Crippen molar-refractivity contribution in [3.05, 3.63) is 65.8 Å². The van der Waals surface area contributed by atoms with E-state index in [2.05, 4.69) is 15.5 Å². The first-order valence-electron chi connectivity index (χ1n) is 6.99. The lowest BCUT2D eigenvalue weighted by atomic mass is 10.1. The fourth-order valence-electron chi connectivity index (χ4n) is 2.03. The number of ether oxygens (including phenoxy) is 1. The molecule has 0 unspecified atom stereocenters. The van der Waals surface area contributed by atoms with Gasteiger partial charge in [-0.3, -0.25) is 9.89 Å². The van der Waals surface area contributed by atoms with Crippen LogP contribution in [0.5, 0.6) is 5.75 Å². The molecule has 0 fully saturated rings. The molecule has 0 atom stereocenters. The van der Waals surface area contributed by atoms with Crippen molar-refractivity contribution in [2.75, 3.05) is 11.9 Å².